The second kappa shape index (κ2) is 5.80. The third-order valence-electron chi connectivity index (χ3n) is 3.34. The fourth-order valence-corrected chi connectivity index (χ4v) is 2.24. The fraction of sp³-hybridized carbons (Fsp3) is 0.467. The Balaban J connectivity index is 2.33. The summed E-state index contributed by atoms with van der Waals surface area (Å²) in [5, 5.41) is 1.08. The first-order valence-corrected chi connectivity index (χ1v) is 6.69. The number of fused-ring (bicyclic) bond motifs is 1. The smallest absolute Gasteiger partial charge is 0.252 e. The molecule has 0 radical (unpaired) electrons. The van der Waals surface area contributed by atoms with Crippen molar-refractivity contribution in [2.75, 3.05) is 0 Å². The maximum atomic E-state index is 11.9. The number of pyridine rings is 2. The van der Waals surface area contributed by atoms with Crippen LogP contribution in [0.1, 0.15) is 38.2 Å². The van der Waals surface area contributed by atoms with E-state index in [9.17, 15) is 4.79 Å². The summed E-state index contributed by atoms with van der Waals surface area (Å²) in [4.78, 5) is 16.3. The van der Waals surface area contributed by atoms with Gasteiger partial charge in [-0.25, -0.2) is 4.98 Å². The average molecular weight is 244 g/mol. The van der Waals surface area contributed by atoms with Crippen molar-refractivity contribution < 1.29 is 0 Å². The summed E-state index contributed by atoms with van der Waals surface area (Å²) in [5.74, 6) is 0. The summed E-state index contributed by atoms with van der Waals surface area (Å²) in [6, 6.07) is 5.51. The highest BCUT2D eigenvalue weighted by molar-refractivity contribution is 5.78. The molecule has 0 unspecified atom stereocenters. The maximum Gasteiger partial charge on any atom is 0.252 e. The van der Waals surface area contributed by atoms with Crippen LogP contribution in [0, 0.1) is 6.92 Å². The topological polar surface area (TPSA) is 34.9 Å². The quantitative estimate of drug-likeness (QED) is 0.756. The van der Waals surface area contributed by atoms with E-state index in [1.807, 2.05) is 12.1 Å². The van der Waals surface area contributed by atoms with Crippen molar-refractivity contribution >= 4 is 11.0 Å². The second-order valence-electron chi connectivity index (χ2n) is 4.75. The van der Waals surface area contributed by atoms with Crippen LogP contribution in [0.25, 0.3) is 11.0 Å². The van der Waals surface area contributed by atoms with E-state index in [1.165, 1.54) is 24.8 Å². The predicted molar refractivity (Wildman–Crippen MR) is 74.9 cm³/mol. The largest absolute Gasteiger partial charge is 0.293 e. The lowest BCUT2D eigenvalue weighted by Gasteiger charge is -2.10. The molecule has 2 heterocycles. The van der Waals surface area contributed by atoms with Crippen molar-refractivity contribution in [3.05, 3.63) is 40.3 Å². The van der Waals surface area contributed by atoms with Crippen LogP contribution in [0.5, 0.6) is 0 Å². The highest BCUT2D eigenvalue weighted by atomic mass is 16.1. The minimum atomic E-state index is 0.0529. The van der Waals surface area contributed by atoms with E-state index in [0.717, 1.165) is 24.0 Å². The van der Waals surface area contributed by atoms with Crippen LogP contribution in [-0.2, 0) is 6.54 Å². The Bertz CT molecular complexity index is 587. The summed E-state index contributed by atoms with van der Waals surface area (Å²) in [6.07, 6.45) is 6.43. The van der Waals surface area contributed by atoms with Crippen LogP contribution >= 0.6 is 0 Å². The summed E-state index contributed by atoms with van der Waals surface area (Å²) >= 11 is 0. The van der Waals surface area contributed by atoms with Gasteiger partial charge in [0.05, 0.1) is 0 Å². The molecule has 0 amide bonds. The number of hydrogen-bond donors (Lipinski definition) is 0. The summed E-state index contributed by atoms with van der Waals surface area (Å²) in [6.45, 7) is 5.01. The third kappa shape index (κ3) is 2.61. The van der Waals surface area contributed by atoms with Gasteiger partial charge in [-0.15, -0.1) is 0 Å². The zero-order valence-corrected chi connectivity index (χ0v) is 11.1. The molecule has 0 bridgehead atoms. The van der Waals surface area contributed by atoms with Crippen LogP contribution in [0.4, 0.5) is 0 Å². The van der Waals surface area contributed by atoms with Gasteiger partial charge in [0, 0.05) is 24.2 Å². The summed E-state index contributed by atoms with van der Waals surface area (Å²) < 4.78 is 1.80. The summed E-state index contributed by atoms with van der Waals surface area (Å²) in [5.41, 5.74) is 2.04. The van der Waals surface area contributed by atoms with Crippen molar-refractivity contribution in [2.45, 2.75) is 46.1 Å². The highest BCUT2D eigenvalue weighted by Crippen LogP contribution is 2.14. The van der Waals surface area contributed by atoms with E-state index in [2.05, 4.69) is 18.8 Å². The zero-order valence-electron chi connectivity index (χ0n) is 11.1. The van der Waals surface area contributed by atoms with Gasteiger partial charge in [-0.1, -0.05) is 26.2 Å². The van der Waals surface area contributed by atoms with Crippen LogP contribution in [0.2, 0.25) is 0 Å². The number of aryl methyl sites for hydroxylation is 2. The lowest BCUT2D eigenvalue weighted by Crippen LogP contribution is -2.20. The molecule has 0 atom stereocenters. The molecule has 0 aliphatic carbocycles. The van der Waals surface area contributed by atoms with Gasteiger partial charge in [0.2, 0.25) is 0 Å². The van der Waals surface area contributed by atoms with Gasteiger partial charge in [0.15, 0.2) is 0 Å². The van der Waals surface area contributed by atoms with Crippen LogP contribution in [-0.4, -0.2) is 9.55 Å². The van der Waals surface area contributed by atoms with Gasteiger partial charge in [-0.05, 0) is 31.0 Å². The Morgan fingerprint density at radius 3 is 2.78 bits per heavy atom. The summed E-state index contributed by atoms with van der Waals surface area (Å²) in [7, 11) is 0. The molecule has 3 nitrogen and oxygen atoms in total. The van der Waals surface area contributed by atoms with Crippen LogP contribution in [0.3, 0.4) is 0 Å². The van der Waals surface area contributed by atoms with E-state index in [4.69, 9.17) is 0 Å². The lowest BCUT2D eigenvalue weighted by molar-refractivity contribution is 0.580. The number of rotatable bonds is 5. The van der Waals surface area contributed by atoms with Crippen molar-refractivity contribution in [2.24, 2.45) is 0 Å². The van der Waals surface area contributed by atoms with Gasteiger partial charge in [0.1, 0.15) is 5.65 Å². The Kier molecular flexibility index (Phi) is 4.13. The van der Waals surface area contributed by atoms with Gasteiger partial charge < -0.3 is 0 Å². The van der Waals surface area contributed by atoms with Gasteiger partial charge in [0.25, 0.3) is 5.56 Å². The molecule has 0 aliphatic heterocycles. The Morgan fingerprint density at radius 2 is 2.00 bits per heavy atom. The Hall–Kier alpha value is -1.64. The Labute approximate surface area is 107 Å². The minimum absolute atomic E-state index is 0.0529. The average Bonchev–Trinajstić information content (AvgIpc) is 2.37. The normalized spacial score (nSPS) is 11.0. The number of hydrogen-bond acceptors (Lipinski definition) is 2. The van der Waals surface area contributed by atoms with E-state index in [0.29, 0.717) is 0 Å². The molecule has 2 aromatic rings. The number of nitrogens with zero attached hydrogens (tertiary/aromatic N) is 2. The maximum absolute atomic E-state index is 11.9. The van der Waals surface area contributed by atoms with Gasteiger partial charge >= 0.3 is 0 Å². The Morgan fingerprint density at radius 1 is 1.17 bits per heavy atom. The number of aromatic nitrogens is 2. The zero-order chi connectivity index (χ0) is 13.0. The van der Waals surface area contributed by atoms with E-state index >= 15 is 0 Å². The molecule has 96 valence electrons. The predicted octanol–water partition coefficient (Wildman–Crippen LogP) is 3.29. The lowest BCUT2D eigenvalue weighted by atomic mass is 10.1. The second-order valence-corrected chi connectivity index (χ2v) is 4.75. The molecule has 0 N–H and O–H groups in total. The van der Waals surface area contributed by atoms with Crippen molar-refractivity contribution in [1.29, 1.82) is 0 Å². The molecule has 2 aromatic heterocycles. The van der Waals surface area contributed by atoms with Crippen molar-refractivity contribution in [3.63, 3.8) is 0 Å². The molecule has 0 aromatic carbocycles. The van der Waals surface area contributed by atoms with E-state index in [1.54, 1.807) is 16.8 Å². The molecule has 0 spiro atoms. The molecule has 0 fully saturated rings. The standard InChI is InChI=1S/C15H20N2O/c1-3-4-5-6-11-17-14(18)8-7-13-12(2)9-10-16-15(13)17/h7-10H,3-6,11H2,1-2H3. The highest BCUT2D eigenvalue weighted by Gasteiger charge is 2.05. The first-order chi connectivity index (χ1) is 8.74. The molecule has 18 heavy (non-hydrogen) atoms. The van der Waals surface area contributed by atoms with Gasteiger partial charge in [-0.3, -0.25) is 9.36 Å². The fourth-order valence-electron chi connectivity index (χ4n) is 2.24. The van der Waals surface area contributed by atoms with E-state index in [-0.39, 0.29) is 5.56 Å². The SMILES string of the molecule is CCCCCCn1c(=O)ccc2c(C)ccnc21. The molecule has 3 heteroatoms. The third-order valence-corrected chi connectivity index (χ3v) is 3.34. The van der Waals surface area contributed by atoms with Crippen LogP contribution in [0.15, 0.2) is 29.2 Å². The molecule has 0 saturated heterocycles. The van der Waals surface area contributed by atoms with Gasteiger partial charge in [-0.2, -0.15) is 0 Å². The molecule has 0 saturated carbocycles. The molecular formula is C15H20N2O. The van der Waals surface area contributed by atoms with E-state index < -0.39 is 0 Å². The molecule has 0 aliphatic rings. The number of unbranched alkanes of at least 4 members (excludes halogenated alkanes) is 3. The first-order valence-electron chi connectivity index (χ1n) is 6.69. The minimum Gasteiger partial charge on any atom is -0.293 e. The van der Waals surface area contributed by atoms with Crippen molar-refractivity contribution in [3.8, 4) is 0 Å². The molecule has 2 rings (SSSR count). The van der Waals surface area contributed by atoms with Crippen LogP contribution < -0.4 is 5.56 Å². The molecular weight excluding hydrogens is 224 g/mol. The van der Waals surface area contributed by atoms with Crippen molar-refractivity contribution in [1.82, 2.24) is 9.55 Å². The first kappa shape index (κ1) is 12.8. The monoisotopic (exact) mass is 244 g/mol.